The molecule has 1 heterocycles. The first-order chi connectivity index (χ1) is 10.2. The number of nitrogens with zero attached hydrogens (tertiary/aromatic N) is 1. The second kappa shape index (κ2) is 5.93. The summed E-state index contributed by atoms with van der Waals surface area (Å²) in [6.45, 7) is 0. The van der Waals surface area contributed by atoms with Gasteiger partial charge in [0, 0.05) is 5.92 Å². The number of guanidine groups is 1. The minimum absolute atomic E-state index is 0.0472. The monoisotopic (exact) mass is 296 g/mol. The van der Waals surface area contributed by atoms with Crippen molar-refractivity contribution in [1.82, 2.24) is 10.6 Å². The fraction of sp³-hybridized carbons (Fsp3) is 0.125. The molecule has 0 amide bonds. The van der Waals surface area contributed by atoms with Crippen molar-refractivity contribution in [3.63, 3.8) is 0 Å². The lowest BCUT2D eigenvalue weighted by atomic mass is 9.88. The maximum Gasteiger partial charge on any atom is 0.197 e. The van der Waals surface area contributed by atoms with E-state index in [-0.39, 0.29) is 12.1 Å². The fourth-order valence-electron chi connectivity index (χ4n) is 2.54. The summed E-state index contributed by atoms with van der Waals surface area (Å²) < 4.78 is 0. The van der Waals surface area contributed by atoms with Gasteiger partial charge in [0.1, 0.15) is 6.17 Å². The number of hydrogen-bond donors (Lipinski definition) is 3. The van der Waals surface area contributed by atoms with Crippen molar-refractivity contribution in [2.75, 3.05) is 0 Å². The van der Waals surface area contributed by atoms with Crippen LogP contribution in [-0.2, 0) is 0 Å². The quantitative estimate of drug-likeness (QED) is 0.758. The van der Waals surface area contributed by atoms with Crippen LogP contribution in [-0.4, -0.2) is 17.2 Å². The molecule has 0 saturated carbocycles. The van der Waals surface area contributed by atoms with Crippen molar-refractivity contribution in [3.05, 3.63) is 71.8 Å². The number of nitrogens with two attached hydrogens (primary N) is 1. The van der Waals surface area contributed by atoms with Gasteiger partial charge in [0.25, 0.3) is 0 Å². The van der Waals surface area contributed by atoms with Crippen LogP contribution in [0.4, 0.5) is 0 Å². The van der Waals surface area contributed by atoms with Crippen LogP contribution in [0.3, 0.4) is 0 Å². The highest BCUT2D eigenvalue weighted by Gasteiger charge is 2.27. The summed E-state index contributed by atoms with van der Waals surface area (Å²) in [5.74, 6) is 0.395. The van der Waals surface area contributed by atoms with E-state index in [1.54, 1.807) is 0 Å². The molecule has 0 saturated heterocycles. The standard InChI is InChI=1S/C16H16N4S/c17-15-18-14(19-16(21)20-15)13(11-7-3-1-4-8-11)12-9-5-2-6-10-12/h1-10,13-14H,(H4,17,18,19,20,21). The highest BCUT2D eigenvalue weighted by molar-refractivity contribution is 7.80. The second-order valence-electron chi connectivity index (χ2n) is 4.86. The van der Waals surface area contributed by atoms with Gasteiger partial charge in [-0.3, -0.25) is 0 Å². The van der Waals surface area contributed by atoms with Gasteiger partial charge in [0.2, 0.25) is 0 Å². The van der Waals surface area contributed by atoms with Crippen LogP contribution in [0.2, 0.25) is 0 Å². The minimum Gasteiger partial charge on any atom is -0.370 e. The van der Waals surface area contributed by atoms with Crippen molar-refractivity contribution in [2.45, 2.75) is 12.1 Å². The van der Waals surface area contributed by atoms with Gasteiger partial charge < -0.3 is 16.4 Å². The van der Waals surface area contributed by atoms with E-state index in [1.165, 1.54) is 11.1 Å². The first-order valence-corrected chi connectivity index (χ1v) is 7.15. The Bertz CT molecular complexity index is 615. The Morgan fingerprint density at radius 1 is 0.952 bits per heavy atom. The van der Waals surface area contributed by atoms with E-state index in [0.29, 0.717) is 11.1 Å². The lowest BCUT2D eigenvalue weighted by molar-refractivity contribution is 0.551. The molecule has 1 atom stereocenters. The summed E-state index contributed by atoms with van der Waals surface area (Å²) in [4.78, 5) is 4.47. The van der Waals surface area contributed by atoms with E-state index in [0.717, 1.165) is 0 Å². The van der Waals surface area contributed by atoms with Crippen LogP contribution in [0.1, 0.15) is 17.0 Å². The number of benzene rings is 2. The van der Waals surface area contributed by atoms with E-state index in [1.807, 2.05) is 36.4 Å². The van der Waals surface area contributed by atoms with Crippen LogP contribution in [0.5, 0.6) is 0 Å². The smallest absolute Gasteiger partial charge is 0.197 e. The van der Waals surface area contributed by atoms with E-state index < -0.39 is 0 Å². The molecule has 1 aliphatic heterocycles. The number of rotatable bonds is 3. The van der Waals surface area contributed by atoms with Gasteiger partial charge >= 0.3 is 0 Å². The zero-order valence-electron chi connectivity index (χ0n) is 11.4. The van der Waals surface area contributed by atoms with Crippen LogP contribution < -0.4 is 16.4 Å². The molecular formula is C16H16N4S. The minimum atomic E-state index is -0.219. The highest BCUT2D eigenvalue weighted by Crippen LogP contribution is 2.29. The Balaban J connectivity index is 2.05. The molecule has 4 N–H and O–H groups in total. The third-order valence-electron chi connectivity index (χ3n) is 3.43. The second-order valence-corrected chi connectivity index (χ2v) is 5.26. The zero-order chi connectivity index (χ0) is 14.7. The van der Waals surface area contributed by atoms with Crippen LogP contribution in [0.15, 0.2) is 65.7 Å². The van der Waals surface area contributed by atoms with E-state index in [9.17, 15) is 0 Å². The Morgan fingerprint density at radius 3 is 1.95 bits per heavy atom. The molecule has 2 aromatic rings. The zero-order valence-corrected chi connectivity index (χ0v) is 12.2. The molecule has 1 unspecified atom stereocenters. The van der Waals surface area contributed by atoms with E-state index in [2.05, 4.69) is 39.9 Å². The van der Waals surface area contributed by atoms with Gasteiger partial charge in [-0.2, -0.15) is 0 Å². The summed E-state index contributed by atoms with van der Waals surface area (Å²) >= 11 is 5.20. The van der Waals surface area contributed by atoms with Gasteiger partial charge in [-0.15, -0.1) is 0 Å². The van der Waals surface area contributed by atoms with Crippen LogP contribution in [0.25, 0.3) is 0 Å². The van der Waals surface area contributed by atoms with Crippen molar-refractivity contribution in [1.29, 1.82) is 0 Å². The maximum atomic E-state index is 5.82. The largest absolute Gasteiger partial charge is 0.370 e. The highest BCUT2D eigenvalue weighted by atomic mass is 32.1. The first-order valence-electron chi connectivity index (χ1n) is 6.75. The van der Waals surface area contributed by atoms with E-state index in [4.69, 9.17) is 18.0 Å². The molecular weight excluding hydrogens is 280 g/mol. The summed E-state index contributed by atoms with van der Waals surface area (Å²) in [5, 5.41) is 6.52. The van der Waals surface area contributed by atoms with Crippen LogP contribution in [0, 0.1) is 0 Å². The molecule has 3 rings (SSSR count). The number of nitrogens with one attached hydrogen (secondary N) is 2. The normalized spacial score (nSPS) is 17.9. The maximum absolute atomic E-state index is 5.82. The lowest BCUT2D eigenvalue weighted by Gasteiger charge is -2.30. The molecule has 0 aromatic heterocycles. The summed E-state index contributed by atoms with van der Waals surface area (Å²) in [7, 11) is 0. The fourth-order valence-corrected chi connectivity index (χ4v) is 2.76. The Kier molecular flexibility index (Phi) is 3.83. The number of hydrogen-bond acceptors (Lipinski definition) is 3. The average molecular weight is 296 g/mol. The molecule has 2 aromatic carbocycles. The van der Waals surface area contributed by atoms with Crippen molar-refractivity contribution < 1.29 is 0 Å². The first kappa shape index (κ1) is 13.6. The van der Waals surface area contributed by atoms with Gasteiger partial charge in [-0.1, -0.05) is 60.7 Å². The molecule has 0 spiro atoms. The topological polar surface area (TPSA) is 62.4 Å². The lowest BCUT2D eigenvalue weighted by Crippen LogP contribution is -2.54. The van der Waals surface area contributed by atoms with Crippen molar-refractivity contribution in [2.24, 2.45) is 10.7 Å². The molecule has 5 heteroatoms. The molecule has 0 radical (unpaired) electrons. The molecule has 106 valence electrons. The molecule has 4 nitrogen and oxygen atoms in total. The molecule has 21 heavy (non-hydrogen) atoms. The van der Waals surface area contributed by atoms with Crippen molar-refractivity contribution in [3.8, 4) is 0 Å². The summed E-state index contributed by atoms with van der Waals surface area (Å²) in [5.41, 5.74) is 8.16. The Labute approximate surface area is 129 Å². The average Bonchev–Trinajstić information content (AvgIpc) is 2.49. The predicted molar refractivity (Wildman–Crippen MR) is 89.0 cm³/mol. The summed E-state index contributed by atoms with van der Waals surface area (Å²) in [6.07, 6.45) is -0.219. The van der Waals surface area contributed by atoms with Gasteiger partial charge in [-0.05, 0) is 23.3 Å². The third kappa shape index (κ3) is 3.03. The Hall–Kier alpha value is -2.40. The third-order valence-corrected chi connectivity index (χ3v) is 3.65. The van der Waals surface area contributed by atoms with E-state index >= 15 is 0 Å². The molecule has 0 fully saturated rings. The summed E-state index contributed by atoms with van der Waals surface area (Å²) in [6, 6.07) is 20.5. The SMILES string of the molecule is NC1=NC(C(c2ccccc2)c2ccccc2)NC(=S)N1. The number of thiocarbonyl (C=S) groups is 1. The Morgan fingerprint density at radius 2 is 1.48 bits per heavy atom. The van der Waals surface area contributed by atoms with Crippen LogP contribution >= 0.6 is 12.2 Å². The molecule has 0 bridgehead atoms. The predicted octanol–water partition coefficient (Wildman–Crippen LogP) is 1.94. The van der Waals surface area contributed by atoms with Gasteiger partial charge in [0.15, 0.2) is 11.1 Å². The molecule has 0 aliphatic carbocycles. The van der Waals surface area contributed by atoms with Crippen molar-refractivity contribution >= 4 is 23.3 Å². The number of aliphatic imine (C=N–C) groups is 1. The van der Waals surface area contributed by atoms with Gasteiger partial charge in [0.05, 0.1) is 0 Å². The molecule has 1 aliphatic rings. The van der Waals surface area contributed by atoms with Gasteiger partial charge in [-0.25, -0.2) is 4.99 Å².